The molecular weight excluding hydrogens is 186 g/mol. The van der Waals surface area contributed by atoms with Gasteiger partial charge in [-0.15, -0.1) is 0 Å². The van der Waals surface area contributed by atoms with Gasteiger partial charge in [-0.2, -0.15) is 11.8 Å². The van der Waals surface area contributed by atoms with Gasteiger partial charge in [0.05, 0.1) is 5.41 Å². The van der Waals surface area contributed by atoms with Crippen molar-refractivity contribution in [3.63, 3.8) is 0 Å². The largest absolute Gasteiger partial charge is 0.481 e. The van der Waals surface area contributed by atoms with Crippen LogP contribution in [0.2, 0.25) is 0 Å². The molecule has 1 unspecified atom stereocenters. The highest BCUT2D eigenvalue weighted by molar-refractivity contribution is 7.98. The minimum Gasteiger partial charge on any atom is -0.481 e. The maximum absolute atomic E-state index is 11.1. The van der Waals surface area contributed by atoms with E-state index in [1.54, 1.807) is 11.8 Å². The fraction of sp³-hybridized carbons (Fsp3) is 0.889. The molecule has 0 radical (unpaired) electrons. The third-order valence-corrected chi connectivity index (χ3v) is 3.26. The van der Waals surface area contributed by atoms with E-state index in [9.17, 15) is 4.79 Å². The minimum atomic E-state index is -0.765. The molecule has 0 spiro atoms. The second-order valence-electron chi connectivity index (χ2n) is 3.56. The Kier molecular flexibility index (Phi) is 5.40. The van der Waals surface area contributed by atoms with Crippen LogP contribution in [0, 0.1) is 11.3 Å². The van der Waals surface area contributed by atoms with E-state index in [1.165, 1.54) is 0 Å². The van der Waals surface area contributed by atoms with Crippen LogP contribution in [-0.2, 0) is 4.79 Å². The number of nitrogens with two attached hydrogens (primary N) is 1. The Hall–Kier alpha value is -0.220. The van der Waals surface area contributed by atoms with Crippen molar-refractivity contribution in [3.05, 3.63) is 0 Å². The molecule has 3 nitrogen and oxygen atoms in total. The van der Waals surface area contributed by atoms with Gasteiger partial charge in [-0.1, -0.05) is 13.8 Å². The number of thioether (sulfide) groups is 1. The zero-order chi connectivity index (χ0) is 10.5. The molecule has 0 rings (SSSR count). The van der Waals surface area contributed by atoms with Gasteiger partial charge in [0.15, 0.2) is 0 Å². The molecule has 0 aliphatic heterocycles. The smallest absolute Gasteiger partial charge is 0.311 e. The zero-order valence-corrected chi connectivity index (χ0v) is 9.36. The summed E-state index contributed by atoms with van der Waals surface area (Å²) < 4.78 is 0. The molecule has 0 aliphatic rings. The third-order valence-electron chi connectivity index (χ3n) is 2.65. The van der Waals surface area contributed by atoms with E-state index in [0.29, 0.717) is 6.42 Å². The molecule has 1 atom stereocenters. The predicted molar refractivity (Wildman–Crippen MR) is 57.0 cm³/mol. The van der Waals surface area contributed by atoms with Gasteiger partial charge in [0.25, 0.3) is 0 Å². The van der Waals surface area contributed by atoms with Crippen molar-refractivity contribution in [1.82, 2.24) is 0 Å². The van der Waals surface area contributed by atoms with Gasteiger partial charge in [0.2, 0.25) is 0 Å². The number of aliphatic carboxylic acids is 1. The van der Waals surface area contributed by atoms with E-state index in [1.807, 2.05) is 20.1 Å². The Labute approximate surface area is 84.1 Å². The number of rotatable bonds is 6. The SMILES string of the molecule is CSCCC(CN)(C(=O)O)C(C)C. The topological polar surface area (TPSA) is 63.3 Å². The van der Waals surface area contributed by atoms with Crippen molar-refractivity contribution in [2.24, 2.45) is 17.1 Å². The zero-order valence-electron chi connectivity index (χ0n) is 8.54. The normalized spacial score (nSPS) is 15.8. The number of carboxylic acids is 1. The molecular formula is C9H19NO2S. The number of hydrogen-bond acceptors (Lipinski definition) is 3. The average molecular weight is 205 g/mol. The van der Waals surface area contributed by atoms with Gasteiger partial charge >= 0.3 is 5.97 Å². The van der Waals surface area contributed by atoms with E-state index in [-0.39, 0.29) is 12.5 Å². The quantitative estimate of drug-likeness (QED) is 0.688. The molecule has 78 valence electrons. The Bertz CT molecular complexity index is 173. The molecule has 0 aromatic heterocycles. The predicted octanol–water partition coefficient (Wildman–Crippen LogP) is 1.43. The molecule has 0 aromatic carbocycles. The van der Waals surface area contributed by atoms with Crippen molar-refractivity contribution in [1.29, 1.82) is 0 Å². The van der Waals surface area contributed by atoms with Crippen molar-refractivity contribution >= 4 is 17.7 Å². The molecule has 0 bridgehead atoms. The molecule has 0 saturated heterocycles. The van der Waals surface area contributed by atoms with Crippen LogP contribution in [0.25, 0.3) is 0 Å². The van der Waals surface area contributed by atoms with Crippen molar-refractivity contribution < 1.29 is 9.90 Å². The summed E-state index contributed by atoms with van der Waals surface area (Å²) in [7, 11) is 0. The molecule has 0 aliphatic carbocycles. The van der Waals surface area contributed by atoms with Crippen LogP contribution in [0.4, 0.5) is 0 Å². The van der Waals surface area contributed by atoms with Gasteiger partial charge in [0, 0.05) is 6.54 Å². The van der Waals surface area contributed by atoms with Gasteiger partial charge in [-0.3, -0.25) is 4.79 Å². The fourth-order valence-corrected chi connectivity index (χ4v) is 1.92. The lowest BCUT2D eigenvalue weighted by Gasteiger charge is -2.31. The van der Waals surface area contributed by atoms with Crippen LogP contribution in [0.5, 0.6) is 0 Å². The molecule has 0 heterocycles. The van der Waals surface area contributed by atoms with E-state index >= 15 is 0 Å². The first-order chi connectivity index (χ1) is 6.01. The number of hydrogen-bond donors (Lipinski definition) is 2. The average Bonchev–Trinajstić information content (AvgIpc) is 2.05. The first kappa shape index (κ1) is 12.8. The van der Waals surface area contributed by atoms with Crippen molar-refractivity contribution in [2.45, 2.75) is 20.3 Å². The first-order valence-corrected chi connectivity index (χ1v) is 5.83. The Morgan fingerprint density at radius 2 is 2.15 bits per heavy atom. The molecule has 0 saturated carbocycles. The maximum Gasteiger partial charge on any atom is 0.311 e. The minimum absolute atomic E-state index is 0.0853. The summed E-state index contributed by atoms with van der Waals surface area (Å²) in [5.74, 6) is 0.169. The van der Waals surface area contributed by atoms with Crippen LogP contribution in [0.3, 0.4) is 0 Å². The first-order valence-electron chi connectivity index (χ1n) is 4.43. The molecule has 13 heavy (non-hydrogen) atoms. The summed E-state index contributed by atoms with van der Waals surface area (Å²) in [5, 5.41) is 9.13. The Morgan fingerprint density at radius 1 is 1.62 bits per heavy atom. The molecule has 3 N–H and O–H groups in total. The highest BCUT2D eigenvalue weighted by atomic mass is 32.2. The lowest BCUT2D eigenvalue weighted by Crippen LogP contribution is -2.43. The summed E-state index contributed by atoms with van der Waals surface area (Å²) in [5.41, 5.74) is 4.83. The van der Waals surface area contributed by atoms with Crippen LogP contribution in [0.15, 0.2) is 0 Å². The molecule has 4 heteroatoms. The highest BCUT2D eigenvalue weighted by Gasteiger charge is 2.39. The van der Waals surface area contributed by atoms with Gasteiger partial charge in [-0.05, 0) is 24.3 Å². The van der Waals surface area contributed by atoms with Crippen molar-refractivity contribution in [2.75, 3.05) is 18.6 Å². The second kappa shape index (κ2) is 5.50. The molecule has 0 fully saturated rings. The van der Waals surface area contributed by atoms with Crippen LogP contribution in [0.1, 0.15) is 20.3 Å². The Balaban J connectivity index is 4.55. The van der Waals surface area contributed by atoms with Gasteiger partial charge < -0.3 is 10.8 Å². The Morgan fingerprint density at radius 3 is 2.38 bits per heavy atom. The van der Waals surface area contributed by atoms with E-state index in [2.05, 4.69) is 0 Å². The van der Waals surface area contributed by atoms with E-state index < -0.39 is 11.4 Å². The molecule has 0 amide bonds. The number of carbonyl (C=O) groups is 1. The lowest BCUT2D eigenvalue weighted by molar-refractivity contribution is -0.151. The summed E-state index contributed by atoms with van der Waals surface area (Å²) in [4.78, 5) is 11.1. The lowest BCUT2D eigenvalue weighted by atomic mass is 9.75. The maximum atomic E-state index is 11.1. The fourth-order valence-electron chi connectivity index (χ4n) is 1.35. The summed E-state index contributed by atoms with van der Waals surface area (Å²) in [6, 6.07) is 0. The van der Waals surface area contributed by atoms with Crippen LogP contribution in [-0.4, -0.2) is 29.6 Å². The molecule has 0 aromatic rings. The standard InChI is InChI=1S/C9H19NO2S/c1-7(2)9(6-10,8(11)12)4-5-13-3/h7H,4-6,10H2,1-3H3,(H,11,12). The third kappa shape index (κ3) is 2.88. The second-order valence-corrected chi connectivity index (χ2v) is 4.55. The number of carboxylic acid groups (broad SMARTS) is 1. The van der Waals surface area contributed by atoms with Crippen LogP contribution >= 0.6 is 11.8 Å². The summed E-state index contributed by atoms with van der Waals surface area (Å²) in [6.45, 7) is 4.06. The monoisotopic (exact) mass is 205 g/mol. The van der Waals surface area contributed by atoms with E-state index in [0.717, 1.165) is 5.75 Å². The summed E-state index contributed by atoms with van der Waals surface area (Å²) >= 11 is 1.66. The summed E-state index contributed by atoms with van der Waals surface area (Å²) in [6.07, 6.45) is 2.63. The van der Waals surface area contributed by atoms with Gasteiger partial charge in [-0.25, -0.2) is 0 Å². The van der Waals surface area contributed by atoms with E-state index in [4.69, 9.17) is 10.8 Å². The van der Waals surface area contributed by atoms with Crippen LogP contribution < -0.4 is 5.73 Å². The highest BCUT2D eigenvalue weighted by Crippen LogP contribution is 2.31. The van der Waals surface area contributed by atoms with Gasteiger partial charge in [0.1, 0.15) is 0 Å². The van der Waals surface area contributed by atoms with Crippen molar-refractivity contribution in [3.8, 4) is 0 Å².